The van der Waals surface area contributed by atoms with Gasteiger partial charge in [-0.3, -0.25) is 4.99 Å². The number of nitrogens with zero attached hydrogens (tertiary/aromatic N) is 1. The molecule has 0 saturated heterocycles. The van der Waals surface area contributed by atoms with Gasteiger partial charge in [-0.2, -0.15) is 0 Å². The first-order valence-electron chi connectivity index (χ1n) is 5.47. The summed E-state index contributed by atoms with van der Waals surface area (Å²) in [6.45, 7) is 2.19. The van der Waals surface area contributed by atoms with Crippen LogP contribution in [0.5, 0.6) is 0 Å². The fourth-order valence-corrected chi connectivity index (χ4v) is 0.945. The van der Waals surface area contributed by atoms with Crippen LogP contribution < -0.4 is 0 Å². The van der Waals surface area contributed by atoms with Gasteiger partial charge in [0, 0.05) is 13.3 Å². The average molecular weight is 203 g/mol. The zero-order valence-corrected chi connectivity index (χ0v) is 9.76. The van der Waals surface area contributed by atoms with Crippen LogP contribution >= 0.6 is 0 Å². The van der Waals surface area contributed by atoms with Crippen molar-refractivity contribution in [2.24, 2.45) is 4.99 Å². The van der Waals surface area contributed by atoms with Gasteiger partial charge in [-0.05, 0) is 18.9 Å². The normalized spacial score (nSPS) is 13.5. The van der Waals surface area contributed by atoms with E-state index in [-0.39, 0.29) is 0 Å². The van der Waals surface area contributed by atoms with Crippen LogP contribution in [0, 0.1) is 0 Å². The Kier molecular flexibility index (Phi) is 11.5. The molecule has 0 aromatic carbocycles. The SMILES string of the molecule is CCC/C=C/C/C=C/C=C/C=C/C=NC. The van der Waals surface area contributed by atoms with Crippen LogP contribution in [0.3, 0.4) is 0 Å². The van der Waals surface area contributed by atoms with E-state index in [1.807, 2.05) is 24.3 Å². The smallest absolute Gasteiger partial charge is 0.0277 e. The van der Waals surface area contributed by atoms with E-state index in [1.54, 1.807) is 13.3 Å². The molecule has 0 amide bonds. The summed E-state index contributed by atoms with van der Waals surface area (Å²) in [6, 6.07) is 0. The molecular formula is C14H21N. The monoisotopic (exact) mass is 203 g/mol. The van der Waals surface area contributed by atoms with Crippen molar-refractivity contribution in [2.45, 2.75) is 26.2 Å². The molecule has 0 atom stereocenters. The van der Waals surface area contributed by atoms with E-state index in [0.29, 0.717) is 0 Å². The van der Waals surface area contributed by atoms with Gasteiger partial charge >= 0.3 is 0 Å². The molecule has 1 heteroatoms. The van der Waals surface area contributed by atoms with Crippen molar-refractivity contribution >= 4 is 6.21 Å². The zero-order valence-electron chi connectivity index (χ0n) is 9.76. The van der Waals surface area contributed by atoms with Gasteiger partial charge in [-0.1, -0.05) is 55.9 Å². The van der Waals surface area contributed by atoms with Crippen LogP contribution in [-0.4, -0.2) is 13.3 Å². The lowest BCUT2D eigenvalue weighted by atomic mass is 10.2. The summed E-state index contributed by atoms with van der Waals surface area (Å²) in [6.07, 6.45) is 21.7. The molecule has 1 nitrogen and oxygen atoms in total. The van der Waals surface area contributed by atoms with Gasteiger partial charge in [0.1, 0.15) is 0 Å². The molecule has 0 spiro atoms. The third-order valence-electron chi connectivity index (χ3n) is 1.71. The Bertz CT molecular complexity index is 255. The van der Waals surface area contributed by atoms with Crippen molar-refractivity contribution in [3.05, 3.63) is 48.6 Å². The van der Waals surface area contributed by atoms with E-state index in [1.165, 1.54) is 12.8 Å². The highest BCUT2D eigenvalue weighted by molar-refractivity contribution is 5.71. The lowest BCUT2D eigenvalue weighted by Crippen LogP contribution is -1.62. The van der Waals surface area contributed by atoms with Gasteiger partial charge in [0.2, 0.25) is 0 Å². The third kappa shape index (κ3) is 12.6. The maximum atomic E-state index is 3.84. The highest BCUT2D eigenvalue weighted by atomic mass is 14.6. The molecule has 0 radical (unpaired) electrons. The Morgan fingerprint density at radius 1 is 0.867 bits per heavy atom. The molecule has 0 aromatic heterocycles. The molecule has 0 N–H and O–H groups in total. The Morgan fingerprint density at radius 3 is 2.33 bits per heavy atom. The quantitative estimate of drug-likeness (QED) is 0.335. The number of unbranched alkanes of at least 4 members (excludes halogenated alkanes) is 1. The van der Waals surface area contributed by atoms with Crippen molar-refractivity contribution in [3.63, 3.8) is 0 Å². The number of hydrogen-bond acceptors (Lipinski definition) is 1. The largest absolute Gasteiger partial charge is 0.297 e. The highest BCUT2D eigenvalue weighted by Gasteiger charge is 1.71. The number of allylic oxidation sites excluding steroid dienone is 8. The highest BCUT2D eigenvalue weighted by Crippen LogP contribution is 1.92. The van der Waals surface area contributed by atoms with Crippen LogP contribution in [0.2, 0.25) is 0 Å². The second-order valence-electron chi connectivity index (χ2n) is 3.10. The predicted molar refractivity (Wildman–Crippen MR) is 70.5 cm³/mol. The fraction of sp³-hybridized carbons (Fsp3) is 0.357. The summed E-state index contributed by atoms with van der Waals surface area (Å²) in [5.74, 6) is 0. The molecule has 82 valence electrons. The second kappa shape index (κ2) is 12.6. The molecule has 0 aliphatic carbocycles. The molecule has 0 rings (SSSR count). The van der Waals surface area contributed by atoms with Crippen molar-refractivity contribution in [1.82, 2.24) is 0 Å². The van der Waals surface area contributed by atoms with E-state index in [2.05, 4.69) is 36.2 Å². The summed E-state index contributed by atoms with van der Waals surface area (Å²) in [4.78, 5) is 3.84. The Morgan fingerprint density at radius 2 is 1.60 bits per heavy atom. The molecule has 0 heterocycles. The Labute approximate surface area is 93.6 Å². The van der Waals surface area contributed by atoms with Crippen molar-refractivity contribution in [3.8, 4) is 0 Å². The van der Waals surface area contributed by atoms with Crippen molar-refractivity contribution in [1.29, 1.82) is 0 Å². The summed E-state index contributed by atoms with van der Waals surface area (Å²) < 4.78 is 0. The first kappa shape index (κ1) is 13.6. The number of rotatable bonds is 7. The molecule has 0 bridgehead atoms. The van der Waals surface area contributed by atoms with E-state index >= 15 is 0 Å². The van der Waals surface area contributed by atoms with Gasteiger partial charge in [-0.25, -0.2) is 0 Å². The fourth-order valence-electron chi connectivity index (χ4n) is 0.945. The van der Waals surface area contributed by atoms with Gasteiger partial charge in [0.15, 0.2) is 0 Å². The second-order valence-corrected chi connectivity index (χ2v) is 3.10. The molecular weight excluding hydrogens is 182 g/mol. The van der Waals surface area contributed by atoms with Crippen LogP contribution in [0.15, 0.2) is 53.6 Å². The summed E-state index contributed by atoms with van der Waals surface area (Å²) >= 11 is 0. The summed E-state index contributed by atoms with van der Waals surface area (Å²) in [7, 11) is 1.76. The molecule has 0 fully saturated rings. The van der Waals surface area contributed by atoms with Crippen molar-refractivity contribution in [2.75, 3.05) is 7.05 Å². The third-order valence-corrected chi connectivity index (χ3v) is 1.71. The van der Waals surface area contributed by atoms with E-state index in [0.717, 1.165) is 6.42 Å². The number of aliphatic imine (C=N–C) groups is 1. The Hall–Kier alpha value is -1.37. The maximum Gasteiger partial charge on any atom is 0.0277 e. The van der Waals surface area contributed by atoms with Crippen LogP contribution in [-0.2, 0) is 0 Å². The molecule has 0 saturated carbocycles. The molecule has 0 aliphatic heterocycles. The topological polar surface area (TPSA) is 12.4 Å². The molecule has 0 aromatic rings. The molecule has 0 unspecified atom stereocenters. The maximum absolute atomic E-state index is 3.84. The average Bonchev–Trinajstić information content (AvgIpc) is 2.26. The van der Waals surface area contributed by atoms with Crippen molar-refractivity contribution < 1.29 is 0 Å². The van der Waals surface area contributed by atoms with Crippen LogP contribution in [0.25, 0.3) is 0 Å². The zero-order chi connectivity index (χ0) is 11.2. The van der Waals surface area contributed by atoms with Gasteiger partial charge in [0.05, 0.1) is 0 Å². The summed E-state index contributed by atoms with van der Waals surface area (Å²) in [5.41, 5.74) is 0. The van der Waals surface area contributed by atoms with Crippen LogP contribution in [0.4, 0.5) is 0 Å². The first-order valence-corrected chi connectivity index (χ1v) is 5.47. The minimum absolute atomic E-state index is 1.02. The van der Waals surface area contributed by atoms with Gasteiger partial charge in [0.25, 0.3) is 0 Å². The standard InChI is InChI=1S/C14H21N/c1-3-4-5-6-7-8-9-10-11-12-13-14-15-2/h5-6,8-14H,3-4,7H2,1-2H3/b6-5+,9-8+,11-10+,13-12+,15-14?. The minimum Gasteiger partial charge on any atom is -0.297 e. The lowest BCUT2D eigenvalue weighted by Gasteiger charge is -1.82. The van der Waals surface area contributed by atoms with Gasteiger partial charge < -0.3 is 0 Å². The van der Waals surface area contributed by atoms with E-state index in [4.69, 9.17) is 0 Å². The number of hydrogen-bond donors (Lipinski definition) is 0. The summed E-state index contributed by atoms with van der Waals surface area (Å²) in [5, 5.41) is 0. The van der Waals surface area contributed by atoms with Crippen LogP contribution in [0.1, 0.15) is 26.2 Å². The van der Waals surface area contributed by atoms with E-state index < -0.39 is 0 Å². The molecule has 0 aliphatic rings. The first-order chi connectivity index (χ1) is 7.41. The van der Waals surface area contributed by atoms with Gasteiger partial charge in [-0.15, -0.1) is 0 Å². The predicted octanol–water partition coefficient (Wildman–Crippen LogP) is 4.10. The lowest BCUT2D eigenvalue weighted by molar-refractivity contribution is 0.954. The molecule has 15 heavy (non-hydrogen) atoms. The minimum atomic E-state index is 1.02. The Balaban J connectivity index is 3.53. The van der Waals surface area contributed by atoms with E-state index in [9.17, 15) is 0 Å².